The normalized spacial score (nSPS) is 11.9. The van der Waals surface area contributed by atoms with Gasteiger partial charge in [-0.1, -0.05) is 18.2 Å². The van der Waals surface area contributed by atoms with Gasteiger partial charge in [-0.3, -0.25) is 14.0 Å². The van der Waals surface area contributed by atoms with Gasteiger partial charge in [0, 0.05) is 19.8 Å². The highest BCUT2D eigenvalue weighted by Gasteiger charge is 2.31. The Balaban J connectivity index is 2.18. The summed E-state index contributed by atoms with van der Waals surface area (Å²) in [5.74, 6) is -0.412. The molecule has 182 valence electrons. The second-order valence-corrected chi connectivity index (χ2v) is 10.4. The van der Waals surface area contributed by atoms with E-state index in [1.807, 2.05) is 72.1 Å². The first kappa shape index (κ1) is 25.0. The summed E-state index contributed by atoms with van der Waals surface area (Å²) in [7, 11) is 3.65. The molecule has 9 nitrogen and oxygen atoms in total. The van der Waals surface area contributed by atoms with Crippen LogP contribution in [0, 0.1) is 6.92 Å². The molecular weight excluding hydrogens is 432 g/mol. The van der Waals surface area contributed by atoms with Gasteiger partial charge in [0.1, 0.15) is 11.3 Å². The van der Waals surface area contributed by atoms with Gasteiger partial charge in [-0.2, -0.15) is 10.1 Å². The van der Waals surface area contributed by atoms with Crippen molar-refractivity contribution in [3.8, 4) is 5.69 Å². The van der Waals surface area contributed by atoms with E-state index >= 15 is 0 Å². The molecule has 0 radical (unpaired) electrons. The van der Waals surface area contributed by atoms with Crippen LogP contribution in [-0.2, 0) is 10.3 Å². The van der Waals surface area contributed by atoms with Gasteiger partial charge in [0.15, 0.2) is 11.5 Å². The van der Waals surface area contributed by atoms with E-state index in [0.29, 0.717) is 11.6 Å². The van der Waals surface area contributed by atoms with E-state index in [0.717, 1.165) is 11.4 Å². The average molecular weight is 467 g/mol. The van der Waals surface area contributed by atoms with Crippen molar-refractivity contribution < 1.29 is 14.3 Å². The second kappa shape index (κ2) is 8.96. The summed E-state index contributed by atoms with van der Waals surface area (Å²) < 4.78 is 9.06. The van der Waals surface area contributed by atoms with Crippen LogP contribution < -0.4 is 10.2 Å². The summed E-state index contributed by atoms with van der Waals surface area (Å²) in [4.78, 5) is 33.2. The van der Waals surface area contributed by atoms with Crippen LogP contribution in [0.15, 0.2) is 36.4 Å². The smallest absolute Gasteiger partial charge is 0.359 e. The topological polar surface area (TPSA) is 94.3 Å². The van der Waals surface area contributed by atoms with Crippen molar-refractivity contribution in [1.29, 1.82) is 0 Å². The van der Waals surface area contributed by atoms with E-state index < -0.39 is 23.0 Å². The summed E-state index contributed by atoms with van der Waals surface area (Å²) >= 11 is 0. The Kier molecular flexibility index (Phi) is 6.59. The lowest BCUT2D eigenvalue weighted by Crippen LogP contribution is -2.30. The Bertz CT molecular complexity index is 1190. The molecule has 3 rings (SSSR count). The minimum Gasteiger partial charge on any atom is -0.455 e. The maximum atomic E-state index is 13.4. The molecule has 0 spiro atoms. The molecule has 0 atom stereocenters. The number of amides is 1. The molecule has 3 aromatic rings. The van der Waals surface area contributed by atoms with Crippen molar-refractivity contribution in [2.24, 2.45) is 0 Å². The minimum absolute atomic E-state index is 0.117. The van der Waals surface area contributed by atoms with Gasteiger partial charge in [0.2, 0.25) is 5.95 Å². The highest BCUT2D eigenvalue weighted by molar-refractivity contribution is 6.06. The quantitative estimate of drug-likeness (QED) is 0.560. The SMILES string of the molecule is Cc1cc(C(=O)Nc2nc(N(C)C)n(-c3ccccc3)c2C(=O)OC(C)(C)C)n(C(C)(C)C)n1. The van der Waals surface area contributed by atoms with Crippen LogP contribution in [0.3, 0.4) is 0 Å². The van der Waals surface area contributed by atoms with Gasteiger partial charge in [0.25, 0.3) is 5.91 Å². The zero-order valence-electron chi connectivity index (χ0n) is 21.4. The number of carbonyl (C=O) groups is 2. The fraction of sp³-hybridized carbons (Fsp3) is 0.440. The molecule has 0 saturated heterocycles. The molecule has 0 unspecified atom stereocenters. The number of esters is 1. The van der Waals surface area contributed by atoms with E-state index in [1.165, 1.54) is 0 Å². The average Bonchev–Trinajstić information content (AvgIpc) is 3.28. The molecule has 1 amide bonds. The number of para-hydroxylation sites is 1. The summed E-state index contributed by atoms with van der Waals surface area (Å²) in [6.07, 6.45) is 0. The Morgan fingerprint density at radius 3 is 2.18 bits per heavy atom. The number of hydrogen-bond donors (Lipinski definition) is 1. The number of aryl methyl sites for hydroxylation is 1. The van der Waals surface area contributed by atoms with Gasteiger partial charge in [-0.25, -0.2) is 4.79 Å². The van der Waals surface area contributed by atoms with Crippen molar-refractivity contribution in [3.05, 3.63) is 53.5 Å². The number of ether oxygens (including phenoxy) is 1. The van der Waals surface area contributed by atoms with Gasteiger partial charge in [-0.05, 0) is 66.7 Å². The third-order valence-corrected chi connectivity index (χ3v) is 4.80. The number of carbonyl (C=O) groups excluding carboxylic acids is 2. The Labute approximate surface area is 200 Å². The van der Waals surface area contributed by atoms with Crippen molar-refractivity contribution in [2.45, 2.75) is 59.6 Å². The number of rotatable bonds is 5. The third-order valence-electron chi connectivity index (χ3n) is 4.80. The lowest BCUT2D eigenvalue weighted by atomic mass is 10.1. The molecule has 0 aliphatic heterocycles. The van der Waals surface area contributed by atoms with Gasteiger partial charge >= 0.3 is 5.97 Å². The first-order chi connectivity index (χ1) is 15.7. The van der Waals surface area contributed by atoms with Crippen LogP contribution in [0.25, 0.3) is 5.69 Å². The van der Waals surface area contributed by atoms with Crippen molar-refractivity contribution in [3.63, 3.8) is 0 Å². The van der Waals surface area contributed by atoms with Crippen LogP contribution in [-0.4, -0.2) is 50.9 Å². The molecular formula is C25H34N6O3. The van der Waals surface area contributed by atoms with Crippen molar-refractivity contribution in [1.82, 2.24) is 19.3 Å². The van der Waals surface area contributed by atoms with Crippen LogP contribution in [0.2, 0.25) is 0 Å². The fourth-order valence-electron chi connectivity index (χ4n) is 3.48. The van der Waals surface area contributed by atoms with E-state index in [9.17, 15) is 9.59 Å². The van der Waals surface area contributed by atoms with E-state index in [-0.39, 0.29) is 11.5 Å². The van der Waals surface area contributed by atoms with Gasteiger partial charge in [0.05, 0.1) is 11.2 Å². The Morgan fingerprint density at radius 2 is 1.65 bits per heavy atom. The highest BCUT2D eigenvalue weighted by atomic mass is 16.6. The van der Waals surface area contributed by atoms with E-state index in [1.54, 1.807) is 41.0 Å². The van der Waals surface area contributed by atoms with Crippen molar-refractivity contribution >= 4 is 23.6 Å². The molecule has 2 aromatic heterocycles. The summed E-state index contributed by atoms with van der Waals surface area (Å²) in [5, 5.41) is 7.33. The lowest BCUT2D eigenvalue weighted by molar-refractivity contribution is 0.00619. The predicted octanol–water partition coefficient (Wildman–Crippen LogP) is 4.41. The zero-order chi connectivity index (χ0) is 25.4. The maximum absolute atomic E-state index is 13.4. The fourth-order valence-corrected chi connectivity index (χ4v) is 3.48. The number of nitrogens with one attached hydrogen (secondary N) is 1. The van der Waals surface area contributed by atoms with Crippen LogP contribution in [0.5, 0.6) is 0 Å². The van der Waals surface area contributed by atoms with Gasteiger partial charge < -0.3 is 15.0 Å². The summed E-state index contributed by atoms with van der Waals surface area (Å²) in [5.41, 5.74) is 0.807. The monoisotopic (exact) mass is 466 g/mol. The number of benzene rings is 1. The molecule has 1 N–H and O–H groups in total. The number of nitrogens with zero attached hydrogens (tertiary/aromatic N) is 5. The van der Waals surface area contributed by atoms with Crippen LogP contribution in [0.4, 0.5) is 11.8 Å². The molecule has 0 aliphatic rings. The molecule has 0 fully saturated rings. The van der Waals surface area contributed by atoms with Crippen LogP contribution >= 0.6 is 0 Å². The molecule has 9 heteroatoms. The number of aromatic nitrogens is 4. The molecule has 0 saturated carbocycles. The Hall–Kier alpha value is -3.62. The Morgan fingerprint density at radius 1 is 1.03 bits per heavy atom. The largest absolute Gasteiger partial charge is 0.455 e. The first-order valence-electron chi connectivity index (χ1n) is 11.2. The summed E-state index contributed by atoms with van der Waals surface area (Å²) in [6.45, 7) is 13.1. The minimum atomic E-state index is -0.732. The first-order valence-corrected chi connectivity index (χ1v) is 11.2. The lowest BCUT2D eigenvalue weighted by Gasteiger charge is -2.22. The van der Waals surface area contributed by atoms with Gasteiger partial charge in [-0.15, -0.1) is 0 Å². The molecule has 0 bridgehead atoms. The maximum Gasteiger partial charge on any atom is 0.359 e. The predicted molar refractivity (Wildman–Crippen MR) is 133 cm³/mol. The molecule has 2 heterocycles. The highest BCUT2D eigenvalue weighted by Crippen LogP contribution is 2.30. The molecule has 0 aliphatic carbocycles. The summed E-state index contributed by atoms with van der Waals surface area (Å²) in [6, 6.07) is 11.1. The van der Waals surface area contributed by atoms with Crippen molar-refractivity contribution in [2.75, 3.05) is 24.3 Å². The second-order valence-electron chi connectivity index (χ2n) is 10.4. The standard InChI is InChI=1S/C25H34N6O3/c1-16-15-18(31(28-16)24(2,3)4)21(32)26-20-19(22(33)34-25(5,6)7)30(23(27-20)29(8)9)17-13-11-10-12-14-17/h10-15H,1-9H3,(H,26,32). The zero-order valence-corrected chi connectivity index (χ0v) is 21.4. The van der Waals surface area contributed by atoms with E-state index in [4.69, 9.17) is 4.74 Å². The number of anilines is 2. The third kappa shape index (κ3) is 5.30. The molecule has 1 aromatic carbocycles. The number of hydrogen-bond acceptors (Lipinski definition) is 6. The molecule has 34 heavy (non-hydrogen) atoms. The van der Waals surface area contributed by atoms with E-state index in [2.05, 4.69) is 15.4 Å². The van der Waals surface area contributed by atoms with Crippen LogP contribution in [0.1, 0.15) is 68.2 Å². The number of imidazole rings is 1.